The molecule has 7 nitrogen and oxygen atoms in total. The number of hydrogen-bond acceptors (Lipinski definition) is 5. The molecule has 0 aliphatic heterocycles. The van der Waals surface area contributed by atoms with Gasteiger partial charge < -0.3 is 25.6 Å². The van der Waals surface area contributed by atoms with Crippen LogP contribution >= 0.6 is 23.2 Å². The summed E-state index contributed by atoms with van der Waals surface area (Å²) < 4.78 is 0. The lowest BCUT2D eigenvalue weighted by Crippen LogP contribution is -2.48. The molecule has 26 heavy (non-hydrogen) atoms. The van der Waals surface area contributed by atoms with Crippen LogP contribution in [0.1, 0.15) is 26.3 Å². The minimum atomic E-state index is -1.98. The number of phenols is 1. The fraction of sp³-hybridized carbons (Fsp3) is 0.125. The van der Waals surface area contributed by atoms with Crippen molar-refractivity contribution in [3.63, 3.8) is 0 Å². The second kappa shape index (κ2) is 8.42. The van der Waals surface area contributed by atoms with E-state index >= 15 is 0 Å². The van der Waals surface area contributed by atoms with E-state index in [0.717, 1.165) is 0 Å². The van der Waals surface area contributed by atoms with Crippen molar-refractivity contribution in [1.82, 2.24) is 5.32 Å². The van der Waals surface area contributed by atoms with Crippen LogP contribution in [-0.2, 0) is 6.42 Å². The summed E-state index contributed by atoms with van der Waals surface area (Å²) in [5, 5.41) is 40.7. The zero-order chi connectivity index (χ0) is 19.4. The first-order valence-electron chi connectivity index (χ1n) is 7.37. The molecule has 0 radical (unpaired) electrons. The first kappa shape index (κ1) is 20.1. The number of aromatic hydroxyl groups is 1. The molecule has 0 aliphatic carbocycles. The van der Waals surface area contributed by atoms with Gasteiger partial charge in [-0.15, -0.1) is 0 Å². The number of carbonyl (C=O) groups excluding carboxylic acids is 1. The first-order valence-corrected chi connectivity index (χ1v) is 8.13. The molecule has 0 spiro atoms. The maximum Gasteiger partial charge on any atom is 0.475 e. The zero-order valence-electron chi connectivity index (χ0n) is 13.2. The van der Waals surface area contributed by atoms with Crippen molar-refractivity contribution in [2.45, 2.75) is 12.4 Å². The van der Waals surface area contributed by atoms with Gasteiger partial charge in [-0.3, -0.25) is 4.79 Å². The van der Waals surface area contributed by atoms with Crippen LogP contribution in [0.5, 0.6) is 5.75 Å². The van der Waals surface area contributed by atoms with Crippen molar-refractivity contribution in [3.8, 4) is 5.75 Å². The lowest BCUT2D eigenvalue weighted by molar-refractivity contribution is 0.0693. The minimum absolute atomic E-state index is 0.0370. The Morgan fingerprint density at radius 2 is 1.65 bits per heavy atom. The summed E-state index contributed by atoms with van der Waals surface area (Å²) in [6.07, 6.45) is -0.238. The Hall–Kier alpha value is -2.26. The SMILES string of the molecule is O=C(O)c1cccc(CC(NC(=O)c2c(Cl)cccc2Cl)B(O)O)c1O. The average molecular weight is 398 g/mol. The van der Waals surface area contributed by atoms with Crippen molar-refractivity contribution >= 4 is 42.2 Å². The largest absolute Gasteiger partial charge is 0.507 e. The normalized spacial score (nSPS) is 11.7. The summed E-state index contributed by atoms with van der Waals surface area (Å²) in [6, 6.07) is 8.46. The zero-order valence-corrected chi connectivity index (χ0v) is 14.7. The molecule has 0 heterocycles. The predicted molar refractivity (Wildman–Crippen MR) is 96.7 cm³/mol. The maximum absolute atomic E-state index is 12.4. The highest BCUT2D eigenvalue weighted by molar-refractivity contribution is 6.44. The van der Waals surface area contributed by atoms with Gasteiger partial charge in [-0.25, -0.2) is 4.79 Å². The monoisotopic (exact) mass is 397 g/mol. The van der Waals surface area contributed by atoms with Gasteiger partial charge in [-0.05, 0) is 30.2 Å². The van der Waals surface area contributed by atoms with Crippen LogP contribution < -0.4 is 5.32 Å². The predicted octanol–water partition coefficient (Wildman–Crippen LogP) is 1.75. The molecular weight excluding hydrogens is 384 g/mol. The van der Waals surface area contributed by atoms with Gasteiger partial charge in [0, 0.05) is 0 Å². The Labute approximate surface area is 158 Å². The third-order valence-corrected chi connectivity index (χ3v) is 4.29. The van der Waals surface area contributed by atoms with Gasteiger partial charge >= 0.3 is 13.1 Å². The van der Waals surface area contributed by atoms with Crippen LogP contribution in [-0.4, -0.2) is 45.2 Å². The molecule has 2 aromatic carbocycles. The van der Waals surface area contributed by atoms with E-state index in [4.69, 9.17) is 28.3 Å². The number of carboxylic acid groups (broad SMARTS) is 1. The van der Waals surface area contributed by atoms with Crippen LogP contribution in [0.15, 0.2) is 36.4 Å². The molecule has 136 valence electrons. The number of nitrogens with one attached hydrogen (secondary N) is 1. The second-order valence-corrected chi connectivity index (χ2v) is 6.23. The summed E-state index contributed by atoms with van der Waals surface area (Å²) in [5.74, 6) is -3.84. The summed E-state index contributed by atoms with van der Waals surface area (Å²) in [5.41, 5.74) is -0.257. The van der Waals surface area contributed by atoms with E-state index in [9.17, 15) is 24.7 Å². The van der Waals surface area contributed by atoms with Crippen molar-refractivity contribution in [3.05, 3.63) is 63.1 Å². The molecule has 0 saturated heterocycles. The Bertz CT molecular complexity index is 825. The second-order valence-electron chi connectivity index (χ2n) is 5.41. The highest BCUT2D eigenvalue weighted by atomic mass is 35.5. The standard InChI is InChI=1S/C16H14BCl2NO6/c18-10-5-2-6-11(19)13(10)15(22)20-12(17(25)26)7-8-3-1-4-9(14(8)21)16(23)24/h1-6,12,21,25-26H,7H2,(H,20,22)(H,23,24). The molecule has 1 amide bonds. The fourth-order valence-electron chi connectivity index (χ4n) is 2.35. The van der Waals surface area contributed by atoms with E-state index < -0.39 is 30.7 Å². The lowest BCUT2D eigenvalue weighted by atomic mass is 9.75. The van der Waals surface area contributed by atoms with E-state index in [1.807, 2.05) is 0 Å². The number of carbonyl (C=O) groups is 2. The molecule has 1 unspecified atom stereocenters. The van der Waals surface area contributed by atoms with E-state index in [1.165, 1.54) is 30.3 Å². The van der Waals surface area contributed by atoms with Crippen molar-refractivity contribution in [2.75, 3.05) is 0 Å². The molecule has 1 atom stereocenters. The van der Waals surface area contributed by atoms with Gasteiger partial charge in [0.2, 0.25) is 0 Å². The Kier molecular flexibility index (Phi) is 6.49. The van der Waals surface area contributed by atoms with Crippen LogP contribution in [0.4, 0.5) is 0 Å². The molecule has 2 aromatic rings. The van der Waals surface area contributed by atoms with E-state index in [1.54, 1.807) is 6.07 Å². The number of hydrogen-bond donors (Lipinski definition) is 5. The number of carboxylic acids is 1. The van der Waals surface area contributed by atoms with E-state index in [2.05, 4.69) is 5.32 Å². The topological polar surface area (TPSA) is 127 Å². The number of rotatable bonds is 6. The van der Waals surface area contributed by atoms with Gasteiger partial charge in [0.25, 0.3) is 5.91 Å². The molecule has 0 bridgehead atoms. The highest BCUT2D eigenvalue weighted by Crippen LogP contribution is 2.26. The molecule has 2 rings (SSSR count). The summed E-state index contributed by atoms with van der Waals surface area (Å²) in [7, 11) is -1.98. The lowest BCUT2D eigenvalue weighted by Gasteiger charge is -2.19. The quantitative estimate of drug-likeness (QED) is 0.472. The average Bonchev–Trinajstić information content (AvgIpc) is 2.55. The number of para-hydroxylation sites is 1. The number of halogens is 2. The number of aromatic carboxylic acids is 1. The summed E-state index contributed by atoms with van der Waals surface area (Å²) in [4.78, 5) is 23.5. The number of amides is 1. The van der Waals surface area contributed by atoms with Crippen LogP contribution in [0.3, 0.4) is 0 Å². The van der Waals surface area contributed by atoms with E-state index in [0.29, 0.717) is 0 Å². The molecule has 10 heteroatoms. The summed E-state index contributed by atoms with van der Waals surface area (Å²) >= 11 is 11.9. The summed E-state index contributed by atoms with van der Waals surface area (Å²) in [6.45, 7) is 0. The maximum atomic E-state index is 12.4. The number of benzene rings is 2. The van der Waals surface area contributed by atoms with Gasteiger partial charge in [0.05, 0.1) is 21.5 Å². The van der Waals surface area contributed by atoms with Crippen LogP contribution in [0, 0.1) is 0 Å². The van der Waals surface area contributed by atoms with Crippen molar-refractivity contribution in [1.29, 1.82) is 0 Å². The van der Waals surface area contributed by atoms with Crippen molar-refractivity contribution < 1.29 is 29.9 Å². The third kappa shape index (κ3) is 4.47. The van der Waals surface area contributed by atoms with Gasteiger partial charge in [0.1, 0.15) is 11.3 Å². The first-order chi connectivity index (χ1) is 12.2. The Morgan fingerprint density at radius 1 is 1.08 bits per heavy atom. The van der Waals surface area contributed by atoms with Gasteiger partial charge in [0.15, 0.2) is 0 Å². The van der Waals surface area contributed by atoms with Crippen LogP contribution in [0.25, 0.3) is 0 Å². The van der Waals surface area contributed by atoms with E-state index in [-0.39, 0.29) is 33.2 Å². The third-order valence-electron chi connectivity index (χ3n) is 3.66. The molecule has 0 aliphatic rings. The smallest absolute Gasteiger partial charge is 0.475 e. The molecule has 5 N–H and O–H groups in total. The van der Waals surface area contributed by atoms with Gasteiger partial charge in [-0.2, -0.15) is 0 Å². The molecule has 0 aromatic heterocycles. The molecular formula is C16H14BCl2NO6. The fourth-order valence-corrected chi connectivity index (χ4v) is 2.92. The van der Waals surface area contributed by atoms with Crippen LogP contribution in [0.2, 0.25) is 10.0 Å². The minimum Gasteiger partial charge on any atom is -0.507 e. The Morgan fingerprint density at radius 3 is 2.19 bits per heavy atom. The van der Waals surface area contributed by atoms with Crippen molar-refractivity contribution in [2.24, 2.45) is 0 Å². The van der Waals surface area contributed by atoms with Gasteiger partial charge in [-0.1, -0.05) is 41.4 Å². The molecule has 0 saturated carbocycles. The Balaban J connectivity index is 2.27. The highest BCUT2D eigenvalue weighted by Gasteiger charge is 2.29. The molecule has 0 fully saturated rings.